The van der Waals surface area contributed by atoms with Crippen molar-refractivity contribution in [2.24, 2.45) is 0 Å². The van der Waals surface area contributed by atoms with Crippen LogP contribution in [0.15, 0.2) is 61.1 Å². The Morgan fingerprint density at radius 1 is 1.07 bits per heavy atom. The predicted octanol–water partition coefficient (Wildman–Crippen LogP) is 3.34. The minimum Gasteiger partial charge on any atom is -0.496 e. The number of methoxy groups -OCH3 is 1. The zero-order valence-electron chi connectivity index (χ0n) is 15.4. The number of nitrogens with zero attached hydrogens (tertiary/aromatic N) is 2. The summed E-state index contributed by atoms with van der Waals surface area (Å²) in [7, 11) is 1.71. The molecule has 27 heavy (non-hydrogen) atoms. The van der Waals surface area contributed by atoms with Gasteiger partial charge in [0, 0.05) is 30.4 Å². The molecule has 1 aliphatic heterocycles. The Morgan fingerprint density at radius 2 is 1.96 bits per heavy atom. The van der Waals surface area contributed by atoms with Crippen LogP contribution in [-0.4, -0.2) is 30.2 Å². The minimum absolute atomic E-state index is 0.164. The van der Waals surface area contributed by atoms with Crippen molar-refractivity contribution >= 4 is 0 Å². The molecule has 0 fully saturated rings. The molecule has 0 saturated carbocycles. The Labute approximate surface area is 159 Å². The van der Waals surface area contributed by atoms with Gasteiger partial charge in [0.2, 0.25) is 0 Å². The molecule has 1 aliphatic rings. The van der Waals surface area contributed by atoms with E-state index in [9.17, 15) is 0 Å². The summed E-state index contributed by atoms with van der Waals surface area (Å²) >= 11 is 0. The molecule has 0 amide bonds. The van der Waals surface area contributed by atoms with Crippen molar-refractivity contribution in [1.29, 1.82) is 0 Å². The summed E-state index contributed by atoms with van der Waals surface area (Å²) < 4.78 is 11.9. The SMILES string of the molecule is COc1cccc(OCc2cnccn2)c1C1CNCCc2ccccc21. The third kappa shape index (κ3) is 3.78. The summed E-state index contributed by atoms with van der Waals surface area (Å²) in [4.78, 5) is 8.41. The summed E-state index contributed by atoms with van der Waals surface area (Å²) in [5.74, 6) is 1.83. The van der Waals surface area contributed by atoms with Crippen LogP contribution in [0, 0.1) is 0 Å². The van der Waals surface area contributed by atoms with E-state index in [1.165, 1.54) is 11.1 Å². The van der Waals surface area contributed by atoms with Crippen LogP contribution in [0.1, 0.15) is 28.3 Å². The largest absolute Gasteiger partial charge is 0.496 e. The van der Waals surface area contributed by atoms with E-state index < -0.39 is 0 Å². The van der Waals surface area contributed by atoms with E-state index in [0.29, 0.717) is 6.61 Å². The smallest absolute Gasteiger partial charge is 0.132 e. The van der Waals surface area contributed by atoms with Crippen LogP contribution in [0.5, 0.6) is 11.5 Å². The number of aromatic nitrogens is 2. The molecule has 0 spiro atoms. The van der Waals surface area contributed by atoms with Gasteiger partial charge in [-0.1, -0.05) is 30.3 Å². The van der Waals surface area contributed by atoms with Gasteiger partial charge >= 0.3 is 0 Å². The predicted molar refractivity (Wildman–Crippen MR) is 104 cm³/mol. The Kier molecular flexibility index (Phi) is 5.30. The zero-order chi connectivity index (χ0) is 18.5. The van der Waals surface area contributed by atoms with Gasteiger partial charge in [-0.25, -0.2) is 0 Å². The topological polar surface area (TPSA) is 56.3 Å². The summed E-state index contributed by atoms with van der Waals surface area (Å²) in [6.45, 7) is 2.19. The van der Waals surface area contributed by atoms with Gasteiger partial charge in [-0.2, -0.15) is 0 Å². The standard InChI is InChI=1S/C22H23N3O2/c1-26-20-7-4-8-21(27-15-17-13-24-11-12-25-17)22(20)19-14-23-10-9-16-5-2-3-6-18(16)19/h2-8,11-13,19,23H,9-10,14-15H2,1H3. The summed E-state index contributed by atoms with van der Waals surface area (Å²) in [5.41, 5.74) is 4.58. The molecule has 1 N–H and O–H groups in total. The molecule has 1 unspecified atom stereocenters. The van der Waals surface area contributed by atoms with E-state index in [1.807, 2.05) is 18.2 Å². The highest BCUT2D eigenvalue weighted by molar-refractivity contribution is 5.53. The number of hydrogen-bond donors (Lipinski definition) is 1. The fraction of sp³-hybridized carbons (Fsp3) is 0.273. The average molecular weight is 361 g/mol. The van der Waals surface area contributed by atoms with Gasteiger partial charge in [-0.15, -0.1) is 0 Å². The third-order valence-electron chi connectivity index (χ3n) is 4.94. The molecular formula is C22H23N3O2. The zero-order valence-corrected chi connectivity index (χ0v) is 15.4. The van der Waals surface area contributed by atoms with Crippen LogP contribution in [0.25, 0.3) is 0 Å². The van der Waals surface area contributed by atoms with Crippen LogP contribution >= 0.6 is 0 Å². The van der Waals surface area contributed by atoms with Crippen molar-refractivity contribution in [3.8, 4) is 11.5 Å². The molecular weight excluding hydrogens is 338 g/mol. The molecule has 1 atom stereocenters. The van der Waals surface area contributed by atoms with Gasteiger partial charge in [0.05, 0.1) is 19.0 Å². The maximum Gasteiger partial charge on any atom is 0.132 e. The van der Waals surface area contributed by atoms with Crippen LogP contribution in [0.3, 0.4) is 0 Å². The molecule has 1 aromatic heterocycles. The highest BCUT2D eigenvalue weighted by Gasteiger charge is 2.26. The number of ether oxygens (including phenoxy) is 2. The van der Waals surface area contributed by atoms with Crippen molar-refractivity contribution in [3.63, 3.8) is 0 Å². The summed E-state index contributed by atoms with van der Waals surface area (Å²) in [5, 5.41) is 3.56. The van der Waals surface area contributed by atoms with E-state index in [-0.39, 0.29) is 5.92 Å². The summed E-state index contributed by atoms with van der Waals surface area (Å²) in [6, 6.07) is 14.6. The van der Waals surface area contributed by atoms with Crippen LogP contribution in [0.4, 0.5) is 0 Å². The molecule has 0 saturated heterocycles. The Hall–Kier alpha value is -2.92. The van der Waals surface area contributed by atoms with E-state index in [4.69, 9.17) is 9.47 Å². The number of rotatable bonds is 5. The second-order valence-corrected chi connectivity index (χ2v) is 6.56. The quantitative estimate of drug-likeness (QED) is 0.755. The third-order valence-corrected chi connectivity index (χ3v) is 4.94. The van der Waals surface area contributed by atoms with Gasteiger partial charge < -0.3 is 14.8 Å². The molecule has 3 aromatic rings. The molecule has 5 nitrogen and oxygen atoms in total. The van der Waals surface area contributed by atoms with Gasteiger partial charge in [0.25, 0.3) is 0 Å². The lowest BCUT2D eigenvalue weighted by molar-refractivity contribution is 0.292. The van der Waals surface area contributed by atoms with Crippen molar-refractivity contribution in [2.75, 3.05) is 20.2 Å². The molecule has 0 aliphatic carbocycles. The lowest BCUT2D eigenvalue weighted by Crippen LogP contribution is -2.21. The molecule has 138 valence electrons. The molecule has 4 rings (SSSR count). The molecule has 0 radical (unpaired) electrons. The van der Waals surface area contributed by atoms with E-state index in [1.54, 1.807) is 25.7 Å². The molecule has 0 bridgehead atoms. The number of fused-ring (bicyclic) bond motifs is 1. The van der Waals surface area contributed by atoms with Gasteiger partial charge in [0.1, 0.15) is 18.1 Å². The average Bonchev–Trinajstić information content (AvgIpc) is 2.95. The van der Waals surface area contributed by atoms with E-state index in [0.717, 1.165) is 42.3 Å². The molecule has 2 aromatic carbocycles. The first-order valence-electron chi connectivity index (χ1n) is 9.20. The first kappa shape index (κ1) is 17.5. The Bertz CT molecular complexity index is 899. The normalized spacial score (nSPS) is 16.3. The fourth-order valence-corrected chi connectivity index (χ4v) is 3.67. The lowest BCUT2D eigenvalue weighted by atomic mass is 9.87. The number of nitrogens with one attached hydrogen (secondary N) is 1. The van der Waals surface area contributed by atoms with E-state index in [2.05, 4.69) is 39.6 Å². The maximum absolute atomic E-state index is 6.16. The Morgan fingerprint density at radius 3 is 2.81 bits per heavy atom. The first-order valence-corrected chi connectivity index (χ1v) is 9.20. The highest BCUT2D eigenvalue weighted by Crippen LogP contribution is 2.40. The van der Waals surface area contributed by atoms with Crippen molar-refractivity contribution in [2.45, 2.75) is 18.9 Å². The lowest BCUT2D eigenvalue weighted by Gasteiger charge is -2.23. The Balaban J connectivity index is 1.73. The van der Waals surface area contributed by atoms with Crippen LogP contribution in [-0.2, 0) is 13.0 Å². The number of hydrogen-bond acceptors (Lipinski definition) is 5. The second-order valence-electron chi connectivity index (χ2n) is 6.56. The first-order chi connectivity index (χ1) is 13.4. The van der Waals surface area contributed by atoms with Crippen LogP contribution < -0.4 is 14.8 Å². The molecule has 2 heterocycles. The molecule has 5 heteroatoms. The van der Waals surface area contributed by atoms with E-state index >= 15 is 0 Å². The minimum atomic E-state index is 0.164. The van der Waals surface area contributed by atoms with Crippen molar-refractivity contribution < 1.29 is 9.47 Å². The second kappa shape index (κ2) is 8.18. The van der Waals surface area contributed by atoms with Crippen molar-refractivity contribution in [3.05, 3.63) is 83.4 Å². The fourth-order valence-electron chi connectivity index (χ4n) is 3.67. The van der Waals surface area contributed by atoms with Crippen LogP contribution in [0.2, 0.25) is 0 Å². The van der Waals surface area contributed by atoms with Crippen molar-refractivity contribution in [1.82, 2.24) is 15.3 Å². The van der Waals surface area contributed by atoms with Gasteiger partial charge in [-0.3, -0.25) is 9.97 Å². The highest BCUT2D eigenvalue weighted by atomic mass is 16.5. The van der Waals surface area contributed by atoms with Gasteiger partial charge in [0.15, 0.2) is 0 Å². The monoisotopic (exact) mass is 361 g/mol. The maximum atomic E-state index is 6.16. The number of benzene rings is 2. The van der Waals surface area contributed by atoms with Gasteiger partial charge in [-0.05, 0) is 36.2 Å². The summed E-state index contributed by atoms with van der Waals surface area (Å²) in [6.07, 6.45) is 6.09.